The first-order valence-corrected chi connectivity index (χ1v) is 3.44. The average molecular weight is 163 g/mol. The first-order valence-electron chi connectivity index (χ1n) is 3.44. The minimum Gasteiger partial charge on any atom is -0.366 e. The largest absolute Gasteiger partial charge is 0.366 e. The van der Waals surface area contributed by atoms with Gasteiger partial charge < -0.3 is 5.73 Å². The molecule has 0 saturated heterocycles. The van der Waals surface area contributed by atoms with Crippen LogP contribution in [0.1, 0.15) is 11.4 Å². The number of hydrogen-bond acceptors (Lipinski definition) is 3. The summed E-state index contributed by atoms with van der Waals surface area (Å²) < 4.78 is 0. The van der Waals surface area contributed by atoms with Gasteiger partial charge in [0.05, 0.1) is 0 Å². The highest BCUT2D eigenvalue weighted by Crippen LogP contribution is 1.97. The molecule has 1 heterocycles. The molecule has 0 fully saturated rings. The standard InChI is InChI=1S/C8H9N3O/c1-6-10-4-7(5-11-6)2-3-8(9)12/h2-5H,1H3,(H2,9,12)/b3-2+. The van der Waals surface area contributed by atoms with Crippen LogP contribution in [0.4, 0.5) is 0 Å². The Morgan fingerprint density at radius 2 is 2.08 bits per heavy atom. The Hall–Kier alpha value is -1.71. The van der Waals surface area contributed by atoms with E-state index in [2.05, 4.69) is 9.97 Å². The minimum absolute atomic E-state index is 0.476. The van der Waals surface area contributed by atoms with Crippen LogP contribution in [0.15, 0.2) is 18.5 Å². The summed E-state index contributed by atoms with van der Waals surface area (Å²) in [5, 5.41) is 0. The lowest BCUT2D eigenvalue weighted by molar-refractivity contribution is -0.113. The van der Waals surface area contributed by atoms with E-state index in [1.165, 1.54) is 6.08 Å². The fraction of sp³-hybridized carbons (Fsp3) is 0.125. The highest BCUT2D eigenvalue weighted by Gasteiger charge is 1.89. The van der Waals surface area contributed by atoms with Gasteiger partial charge in [0.2, 0.25) is 5.91 Å². The quantitative estimate of drug-likeness (QED) is 0.637. The van der Waals surface area contributed by atoms with Crippen molar-refractivity contribution < 1.29 is 4.79 Å². The third-order valence-electron chi connectivity index (χ3n) is 1.24. The van der Waals surface area contributed by atoms with Crippen molar-refractivity contribution in [3.05, 3.63) is 29.9 Å². The van der Waals surface area contributed by atoms with E-state index in [1.807, 2.05) is 0 Å². The maximum atomic E-state index is 10.3. The maximum absolute atomic E-state index is 10.3. The molecule has 0 unspecified atom stereocenters. The molecule has 4 nitrogen and oxygen atoms in total. The van der Waals surface area contributed by atoms with E-state index in [4.69, 9.17) is 5.73 Å². The molecular weight excluding hydrogens is 154 g/mol. The highest BCUT2D eigenvalue weighted by molar-refractivity contribution is 5.90. The molecule has 2 N–H and O–H groups in total. The van der Waals surface area contributed by atoms with E-state index >= 15 is 0 Å². The van der Waals surface area contributed by atoms with Crippen molar-refractivity contribution in [2.24, 2.45) is 5.73 Å². The molecule has 1 aromatic heterocycles. The second-order valence-electron chi connectivity index (χ2n) is 2.30. The molecule has 0 aliphatic carbocycles. The van der Waals surface area contributed by atoms with Crippen LogP contribution in [-0.2, 0) is 4.79 Å². The maximum Gasteiger partial charge on any atom is 0.241 e. The van der Waals surface area contributed by atoms with Gasteiger partial charge in [0.25, 0.3) is 0 Å². The Balaban J connectivity index is 2.77. The summed E-state index contributed by atoms with van der Waals surface area (Å²) in [5.41, 5.74) is 5.67. The van der Waals surface area contributed by atoms with Gasteiger partial charge in [-0.25, -0.2) is 9.97 Å². The molecule has 1 aromatic rings. The van der Waals surface area contributed by atoms with E-state index in [0.29, 0.717) is 5.82 Å². The van der Waals surface area contributed by atoms with Crippen molar-refractivity contribution in [3.63, 3.8) is 0 Å². The SMILES string of the molecule is Cc1ncc(/C=C/C(N)=O)cn1. The number of rotatable bonds is 2. The molecule has 0 spiro atoms. The number of nitrogens with two attached hydrogens (primary N) is 1. The van der Waals surface area contributed by atoms with Crippen molar-refractivity contribution >= 4 is 12.0 Å². The van der Waals surface area contributed by atoms with E-state index < -0.39 is 5.91 Å². The monoisotopic (exact) mass is 163 g/mol. The van der Waals surface area contributed by atoms with Crippen molar-refractivity contribution in [1.29, 1.82) is 0 Å². The van der Waals surface area contributed by atoms with E-state index in [0.717, 1.165) is 5.56 Å². The molecule has 0 bridgehead atoms. The number of primary amides is 1. The van der Waals surface area contributed by atoms with Crippen molar-refractivity contribution in [2.45, 2.75) is 6.92 Å². The van der Waals surface area contributed by atoms with Crippen LogP contribution in [-0.4, -0.2) is 15.9 Å². The molecule has 0 saturated carbocycles. The lowest BCUT2D eigenvalue weighted by Gasteiger charge is -1.91. The zero-order valence-electron chi connectivity index (χ0n) is 6.69. The number of nitrogens with zero attached hydrogens (tertiary/aromatic N) is 2. The van der Waals surface area contributed by atoms with Crippen molar-refractivity contribution in [1.82, 2.24) is 9.97 Å². The second kappa shape index (κ2) is 3.61. The summed E-state index contributed by atoms with van der Waals surface area (Å²) in [4.78, 5) is 18.2. The van der Waals surface area contributed by atoms with Gasteiger partial charge >= 0.3 is 0 Å². The average Bonchev–Trinajstić information content (AvgIpc) is 2.03. The third-order valence-corrected chi connectivity index (χ3v) is 1.24. The summed E-state index contributed by atoms with van der Waals surface area (Å²) in [6.07, 6.45) is 6.10. The topological polar surface area (TPSA) is 68.9 Å². The molecule has 1 amide bonds. The van der Waals surface area contributed by atoms with E-state index in [1.54, 1.807) is 25.4 Å². The molecule has 0 aromatic carbocycles. The molecule has 62 valence electrons. The molecule has 0 atom stereocenters. The van der Waals surface area contributed by atoms with Gasteiger partial charge in [-0.15, -0.1) is 0 Å². The Kier molecular flexibility index (Phi) is 2.53. The van der Waals surface area contributed by atoms with Gasteiger partial charge in [-0.1, -0.05) is 0 Å². The van der Waals surface area contributed by atoms with Crippen molar-refractivity contribution in [3.8, 4) is 0 Å². The van der Waals surface area contributed by atoms with Crippen LogP contribution in [0.3, 0.4) is 0 Å². The number of aryl methyl sites for hydroxylation is 1. The van der Waals surface area contributed by atoms with Gasteiger partial charge in [-0.05, 0) is 13.0 Å². The summed E-state index contributed by atoms with van der Waals surface area (Å²) in [7, 11) is 0. The number of amides is 1. The van der Waals surface area contributed by atoms with Gasteiger partial charge in [-0.3, -0.25) is 4.79 Å². The van der Waals surface area contributed by atoms with Gasteiger partial charge in [0.15, 0.2) is 0 Å². The first-order chi connectivity index (χ1) is 5.68. The van der Waals surface area contributed by atoms with E-state index in [-0.39, 0.29) is 0 Å². The lowest BCUT2D eigenvalue weighted by Crippen LogP contribution is -2.05. The number of carbonyl (C=O) groups excluding carboxylic acids is 1. The van der Waals surface area contributed by atoms with Crippen LogP contribution < -0.4 is 5.73 Å². The first kappa shape index (κ1) is 8.39. The number of carbonyl (C=O) groups is 1. The Labute approximate surface area is 70.1 Å². The predicted octanol–water partition coefficient (Wildman–Crippen LogP) is 0.284. The van der Waals surface area contributed by atoms with Gasteiger partial charge in [-0.2, -0.15) is 0 Å². The summed E-state index contributed by atoms with van der Waals surface area (Å²) in [6, 6.07) is 0. The molecule has 4 heteroatoms. The Morgan fingerprint density at radius 1 is 1.50 bits per heavy atom. The molecule has 0 aliphatic heterocycles. The predicted molar refractivity (Wildman–Crippen MR) is 45.0 cm³/mol. The van der Waals surface area contributed by atoms with Crippen molar-refractivity contribution in [2.75, 3.05) is 0 Å². The smallest absolute Gasteiger partial charge is 0.241 e. The Bertz CT molecular complexity index is 303. The lowest BCUT2D eigenvalue weighted by atomic mass is 10.3. The third kappa shape index (κ3) is 2.49. The van der Waals surface area contributed by atoms with Crippen LogP contribution in [0.2, 0.25) is 0 Å². The number of hydrogen-bond donors (Lipinski definition) is 1. The molecule has 0 radical (unpaired) electrons. The van der Waals surface area contributed by atoms with Gasteiger partial charge in [0, 0.05) is 24.0 Å². The van der Waals surface area contributed by atoms with Gasteiger partial charge in [0.1, 0.15) is 5.82 Å². The fourth-order valence-corrected chi connectivity index (χ4v) is 0.667. The second-order valence-corrected chi connectivity index (χ2v) is 2.30. The van der Waals surface area contributed by atoms with Crippen LogP contribution in [0.25, 0.3) is 6.08 Å². The minimum atomic E-state index is -0.476. The zero-order chi connectivity index (χ0) is 8.97. The van der Waals surface area contributed by atoms with E-state index in [9.17, 15) is 4.79 Å². The van der Waals surface area contributed by atoms with Crippen LogP contribution in [0.5, 0.6) is 0 Å². The Morgan fingerprint density at radius 3 is 2.58 bits per heavy atom. The normalized spacial score (nSPS) is 10.4. The molecule has 12 heavy (non-hydrogen) atoms. The zero-order valence-corrected chi connectivity index (χ0v) is 6.69. The van der Waals surface area contributed by atoms with Crippen LogP contribution in [0, 0.1) is 6.92 Å². The number of aromatic nitrogens is 2. The molecular formula is C8H9N3O. The fourth-order valence-electron chi connectivity index (χ4n) is 0.667. The summed E-state index contributed by atoms with van der Waals surface area (Å²) in [5.74, 6) is 0.224. The highest BCUT2D eigenvalue weighted by atomic mass is 16.1. The summed E-state index contributed by atoms with van der Waals surface area (Å²) >= 11 is 0. The summed E-state index contributed by atoms with van der Waals surface area (Å²) in [6.45, 7) is 1.79. The molecule has 1 rings (SSSR count). The molecule has 0 aliphatic rings. The van der Waals surface area contributed by atoms with Crippen LogP contribution >= 0.6 is 0 Å².